The maximum absolute atomic E-state index is 13.3. The van der Waals surface area contributed by atoms with Gasteiger partial charge in [-0.15, -0.1) is 0 Å². The Hall–Kier alpha value is -3.22. The second-order valence-electron chi connectivity index (χ2n) is 7.57. The molecule has 1 amide bonds. The number of phenols is 1. The van der Waals surface area contributed by atoms with Crippen LogP contribution in [0.15, 0.2) is 28.2 Å². The van der Waals surface area contributed by atoms with Crippen molar-refractivity contribution >= 4 is 22.6 Å². The number of pyridine rings is 1. The predicted octanol–water partition coefficient (Wildman–Crippen LogP) is 5.21. The first kappa shape index (κ1) is 21.5. The predicted molar refractivity (Wildman–Crippen MR) is 112 cm³/mol. The number of halogens is 2. The molecule has 4 rings (SSSR count). The van der Waals surface area contributed by atoms with Crippen molar-refractivity contribution in [3.8, 4) is 5.75 Å². The van der Waals surface area contributed by atoms with E-state index in [1.165, 1.54) is 11.1 Å². The van der Waals surface area contributed by atoms with Gasteiger partial charge in [-0.3, -0.25) is 4.79 Å². The lowest BCUT2D eigenvalue weighted by atomic mass is 10.0. The number of hydrogen-bond acceptors (Lipinski definition) is 4. The van der Waals surface area contributed by atoms with E-state index in [9.17, 15) is 18.7 Å². The Bertz CT molecular complexity index is 1170. The fourth-order valence-corrected chi connectivity index (χ4v) is 3.70. The highest BCUT2D eigenvalue weighted by Crippen LogP contribution is 2.41. The minimum absolute atomic E-state index is 0.138. The number of carbonyl (C=O) groups is 1. The van der Waals surface area contributed by atoms with Crippen molar-refractivity contribution in [1.82, 2.24) is 4.98 Å². The molecule has 158 valence electrons. The second-order valence-corrected chi connectivity index (χ2v) is 7.57. The van der Waals surface area contributed by atoms with Crippen LogP contribution in [0.4, 0.5) is 8.78 Å². The van der Waals surface area contributed by atoms with Crippen molar-refractivity contribution in [2.45, 2.75) is 47.5 Å². The molecule has 1 aromatic carbocycles. The van der Waals surface area contributed by atoms with E-state index in [0.717, 1.165) is 5.56 Å². The average molecular weight is 414 g/mol. The molecule has 3 aromatic rings. The maximum atomic E-state index is 13.3. The number of nitrogens with two attached hydrogens (primary N) is 1. The van der Waals surface area contributed by atoms with Gasteiger partial charge in [-0.05, 0) is 63.8 Å². The summed E-state index contributed by atoms with van der Waals surface area (Å²) >= 11 is 0. The van der Waals surface area contributed by atoms with Gasteiger partial charge in [0.1, 0.15) is 22.7 Å². The van der Waals surface area contributed by atoms with Crippen LogP contribution in [0.1, 0.15) is 52.6 Å². The van der Waals surface area contributed by atoms with Crippen molar-refractivity contribution in [3.63, 3.8) is 0 Å². The van der Waals surface area contributed by atoms with Crippen LogP contribution < -0.4 is 5.73 Å². The van der Waals surface area contributed by atoms with Gasteiger partial charge in [-0.2, -0.15) is 0 Å². The number of aromatic nitrogens is 1. The summed E-state index contributed by atoms with van der Waals surface area (Å²) in [6, 6.07) is 5.27. The summed E-state index contributed by atoms with van der Waals surface area (Å²) in [5, 5.41) is 9.22. The van der Waals surface area contributed by atoms with E-state index in [1.807, 2.05) is 26.8 Å². The largest absolute Gasteiger partial charge is 0.508 e. The van der Waals surface area contributed by atoms with Crippen molar-refractivity contribution in [2.24, 2.45) is 5.73 Å². The molecule has 7 heteroatoms. The SMILES string of the molecule is CC1=C(C(N)=O)c2c(C(F)F)nc3cc(C)oc3c2C1.Cc1ccc(O)c(C)c1C. The van der Waals surface area contributed by atoms with Crippen LogP contribution in [0, 0.1) is 27.7 Å². The van der Waals surface area contributed by atoms with E-state index in [1.54, 1.807) is 26.0 Å². The molecule has 2 heterocycles. The third-order valence-corrected chi connectivity index (χ3v) is 5.51. The molecule has 5 nitrogen and oxygen atoms in total. The average Bonchev–Trinajstić information content (AvgIpc) is 3.21. The summed E-state index contributed by atoms with van der Waals surface area (Å²) in [4.78, 5) is 15.5. The Balaban J connectivity index is 0.000000216. The van der Waals surface area contributed by atoms with Crippen LogP contribution in [0.25, 0.3) is 16.7 Å². The first-order chi connectivity index (χ1) is 14.0. The topological polar surface area (TPSA) is 89.4 Å². The molecule has 0 aliphatic heterocycles. The van der Waals surface area contributed by atoms with E-state index in [4.69, 9.17) is 10.2 Å². The summed E-state index contributed by atoms with van der Waals surface area (Å²) in [5.74, 6) is 0.266. The Morgan fingerprint density at radius 3 is 2.40 bits per heavy atom. The van der Waals surface area contributed by atoms with Crippen molar-refractivity contribution < 1.29 is 23.1 Å². The molecule has 1 aliphatic carbocycles. The van der Waals surface area contributed by atoms with Gasteiger partial charge in [0.15, 0.2) is 5.58 Å². The number of rotatable bonds is 2. The first-order valence-corrected chi connectivity index (χ1v) is 9.49. The molecule has 3 N–H and O–H groups in total. The van der Waals surface area contributed by atoms with Gasteiger partial charge in [0.2, 0.25) is 5.91 Å². The highest BCUT2D eigenvalue weighted by Gasteiger charge is 2.33. The third-order valence-electron chi connectivity index (χ3n) is 5.51. The molecule has 0 atom stereocenters. The highest BCUT2D eigenvalue weighted by molar-refractivity contribution is 6.22. The fourth-order valence-electron chi connectivity index (χ4n) is 3.70. The Morgan fingerprint density at radius 1 is 1.17 bits per heavy atom. The van der Waals surface area contributed by atoms with E-state index >= 15 is 0 Å². The molecular formula is C23H24F2N2O3. The smallest absolute Gasteiger partial charge is 0.281 e. The number of phenolic OH excluding ortho intramolecular Hbond substituents is 1. The minimum Gasteiger partial charge on any atom is -0.508 e. The zero-order valence-electron chi connectivity index (χ0n) is 17.6. The molecule has 0 saturated carbocycles. The maximum Gasteiger partial charge on any atom is 0.281 e. The van der Waals surface area contributed by atoms with Crippen LogP contribution in [0.3, 0.4) is 0 Å². The number of allylic oxidation sites excluding steroid dienone is 1. The molecule has 0 saturated heterocycles. The van der Waals surface area contributed by atoms with Gasteiger partial charge in [0.05, 0.1) is 0 Å². The summed E-state index contributed by atoms with van der Waals surface area (Å²) < 4.78 is 32.0. The monoisotopic (exact) mass is 414 g/mol. The number of primary amides is 1. The molecule has 0 spiro atoms. The van der Waals surface area contributed by atoms with Crippen LogP contribution in [-0.2, 0) is 11.2 Å². The standard InChI is InChI=1S/C14H12F2N2O2.C9H12O/c1-5-3-7-10(9(5)14(17)19)11(13(15)16)18-8-4-6(2)20-12(7)8;1-6-4-5-9(10)8(3)7(6)2/h4,13H,3H2,1-2H3,(H2,17,19);4-5,10H,1-3H3. The number of amides is 1. The summed E-state index contributed by atoms with van der Waals surface area (Å²) in [6.45, 7) is 9.42. The van der Waals surface area contributed by atoms with Crippen LogP contribution in [0.5, 0.6) is 5.75 Å². The zero-order valence-corrected chi connectivity index (χ0v) is 17.6. The van der Waals surface area contributed by atoms with E-state index < -0.39 is 18.0 Å². The summed E-state index contributed by atoms with van der Waals surface area (Å²) in [6.07, 6.45) is -2.40. The van der Waals surface area contributed by atoms with Gasteiger partial charge in [-0.1, -0.05) is 11.6 Å². The normalized spacial score (nSPS) is 12.9. The van der Waals surface area contributed by atoms with E-state index in [2.05, 4.69) is 4.98 Å². The number of aryl methyl sites for hydroxylation is 2. The van der Waals surface area contributed by atoms with Gasteiger partial charge in [-0.25, -0.2) is 13.8 Å². The molecule has 2 aromatic heterocycles. The lowest BCUT2D eigenvalue weighted by molar-refractivity contribution is -0.112. The van der Waals surface area contributed by atoms with Crippen LogP contribution in [-0.4, -0.2) is 16.0 Å². The van der Waals surface area contributed by atoms with Crippen LogP contribution >= 0.6 is 0 Å². The van der Waals surface area contributed by atoms with Gasteiger partial charge in [0.25, 0.3) is 6.43 Å². The number of benzene rings is 1. The molecule has 1 aliphatic rings. The summed E-state index contributed by atoms with van der Waals surface area (Å²) in [5.41, 5.74) is 10.7. The van der Waals surface area contributed by atoms with Gasteiger partial charge in [0, 0.05) is 22.8 Å². The fraction of sp³-hybridized carbons (Fsp3) is 0.304. The number of nitrogens with zero attached hydrogens (tertiary/aromatic N) is 1. The highest BCUT2D eigenvalue weighted by atomic mass is 19.3. The molecular weight excluding hydrogens is 390 g/mol. The molecule has 0 bridgehead atoms. The zero-order chi connectivity index (χ0) is 22.3. The van der Waals surface area contributed by atoms with E-state index in [0.29, 0.717) is 40.2 Å². The third kappa shape index (κ3) is 3.67. The number of fused-ring (bicyclic) bond motifs is 3. The quantitative estimate of drug-likeness (QED) is 0.603. The van der Waals surface area contributed by atoms with Crippen LogP contribution in [0.2, 0.25) is 0 Å². The molecule has 0 unspecified atom stereocenters. The van der Waals surface area contributed by atoms with Crippen molar-refractivity contribution in [1.29, 1.82) is 0 Å². The van der Waals surface area contributed by atoms with Gasteiger partial charge < -0.3 is 15.3 Å². The molecule has 0 radical (unpaired) electrons. The lowest BCUT2D eigenvalue weighted by Crippen LogP contribution is -2.14. The van der Waals surface area contributed by atoms with Gasteiger partial charge >= 0.3 is 0 Å². The lowest BCUT2D eigenvalue weighted by Gasteiger charge is -2.09. The van der Waals surface area contributed by atoms with E-state index in [-0.39, 0.29) is 11.1 Å². The number of carbonyl (C=O) groups excluding carboxylic acids is 1. The Labute approximate surface area is 173 Å². The Morgan fingerprint density at radius 2 is 1.83 bits per heavy atom. The number of furan rings is 1. The first-order valence-electron chi connectivity index (χ1n) is 9.49. The number of alkyl halides is 2. The number of hydrogen-bond donors (Lipinski definition) is 2. The second kappa shape index (κ2) is 7.89. The Kier molecular flexibility index (Phi) is 5.65. The van der Waals surface area contributed by atoms with Crippen molar-refractivity contribution in [3.05, 3.63) is 63.0 Å². The molecule has 0 fully saturated rings. The van der Waals surface area contributed by atoms with Crippen molar-refractivity contribution in [2.75, 3.05) is 0 Å². The summed E-state index contributed by atoms with van der Waals surface area (Å²) in [7, 11) is 0. The number of aromatic hydroxyl groups is 1. The molecule has 30 heavy (non-hydrogen) atoms. The minimum atomic E-state index is -2.77.